The molecule has 2 fully saturated rings. The van der Waals surface area contributed by atoms with Crippen molar-refractivity contribution in [2.45, 2.75) is 50.8 Å². The number of fused-ring (bicyclic) bond motifs is 3. The Bertz CT molecular complexity index is 640. The number of rotatable bonds is 1. The summed E-state index contributed by atoms with van der Waals surface area (Å²) in [7, 11) is 0. The van der Waals surface area contributed by atoms with Crippen molar-refractivity contribution in [3.8, 4) is 0 Å². The molecule has 3 heterocycles. The van der Waals surface area contributed by atoms with Crippen LogP contribution in [0.3, 0.4) is 0 Å². The van der Waals surface area contributed by atoms with Gasteiger partial charge in [-0.3, -0.25) is 0 Å². The molecule has 2 bridgehead atoms. The lowest BCUT2D eigenvalue weighted by Crippen LogP contribution is -2.45. The molecule has 1 aromatic carbocycles. The summed E-state index contributed by atoms with van der Waals surface area (Å²) in [5, 5.41) is 11.2. The number of anilines is 1. The Balaban J connectivity index is 1.80. The zero-order chi connectivity index (χ0) is 13.7. The predicted octanol–water partition coefficient (Wildman–Crippen LogP) is 3.04. The van der Waals surface area contributed by atoms with Crippen LogP contribution < -0.4 is 4.90 Å². The lowest BCUT2D eigenvalue weighted by molar-refractivity contribution is 0.126. The lowest BCUT2D eigenvalue weighted by Gasteiger charge is -2.39. The van der Waals surface area contributed by atoms with Crippen LogP contribution >= 0.6 is 0 Å². The number of aliphatic hydroxyl groups excluding tert-OH is 1. The van der Waals surface area contributed by atoms with Crippen molar-refractivity contribution >= 4 is 16.7 Å². The Morgan fingerprint density at radius 2 is 1.85 bits per heavy atom. The van der Waals surface area contributed by atoms with Crippen LogP contribution in [0.4, 0.5) is 5.82 Å². The van der Waals surface area contributed by atoms with Crippen molar-refractivity contribution < 1.29 is 5.11 Å². The largest absolute Gasteiger partial charge is 0.393 e. The third-order valence-corrected chi connectivity index (χ3v) is 4.84. The van der Waals surface area contributed by atoms with Gasteiger partial charge >= 0.3 is 0 Å². The van der Waals surface area contributed by atoms with Gasteiger partial charge in [-0.1, -0.05) is 18.2 Å². The third-order valence-electron chi connectivity index (χ3n) is 4.84. The summed E-state index contributed by atoms with van der Waals surface area (Å²) >= 11 is 0. The molecular formula is C17H20N2O. The van der Waals surface area contributed by atoms with Crippen molar-refractivity contribution in [1.82, 2.24) is 4.98 Å². The number of aliphatic hydroxyl groups is 1. The predicted molar refractivity (Wildman–Crippen MR) is 81.0 cm³/mol. The molecule has 1 N–H and O–H groups in total. The van der Waals surface area contributed by atoms with E-state index in [9.17, 15) is 5.11 Å². The van der Waals surface area contributed by atoms with Gasteiger partial charge in [0.15, 0.2) is 0 Å². The van der Waals surface area contributed by atoms with Crippen LogP contribution in [-0.2, 0) is 0 Å². The lowest BCUT2D eigenvalue weighted by atomic mass is 9.99. The summed E-state index contributed by atoms with van der Waals surface area (Å²) in [6.07, 6.45) is 4.05. The number of para-hydroxylation sites is 1. The fourth-order valence-electron chi connectivity index (χ4n) is 3.97. The van der Waals surface area contributed by atoms with Crippen molar-refractivity contribution in [2.75, 3.05) is 4.90 Å². The topological polar surface area (TPSA) is 36.4 Å². The van der Waals surface area contributed by atoms with Gasteiger partial charge in [0, 0.05) is 17.5 Å². The first kappa shape index (κ1) is 12.2. The summed E-state index contributed by atoms with van der Waals surface area (Å²) < 4.78 is 0. The number of aryl methyl sites for hydroxylation is 1. The van der Waals surface area contributed by atoms with E-state index in [1.165, 1.54) is 23.8 Å². The van der Waals surface area contributed by atoms with Gasteiger partial charge in [0.25, 0.3) is 0 Å². The van der Waals surface area contributed by atoms with E-state index >= 15 is 0 Å². The maximum atomic E-state index is 9.95. The number of pyridine rings is 1. The Hall–Kier alpha value is -1.61. The molecule has 3 nitrogen and oxygen atoms in total. The van der Waals surface area contributed by atoms with Gasteiger partial charge in [0.1, 0.15) is 5.82 Å². The SMILES string of the molecule is Cc1cc2ccccc2nc1N1C2CCC1CC(O)C2. The van der Waals surface area contributed by atoms with Crippen LogP contribution in [0.25, 0.3) is 10.9 Å². The Morgan fingerprint density at radius 1 is 1.15 bits per heavy atom. The van der Waals surface area contributed by atoms with E-state index < -0.39 is 0 Å². The van der Waals surface area contributed by atoms with Gasteiger partial charge in [-0.2, -0.15) is 0 Å². The van der Waals surface area contributed by atoms with Gasteiger partial charge in [-0.05, 0) is 50.3 Å². The highest BCUT2D eigenvalue weighted by molar-refractivity contribution is 5.81. The highest BCUT2D eigenvalue weighted by Crippen LogP contribution is 2.40. The average Bonchev–Trinajstić information content (AvgIpc) is 2.70. The molecule has 2 aliphatic heterocycles. The van der Waals surface area contributed by atoms with Crippen LogP contribution in [0, 0.1) is 6.92 Å². The minimum Gasteiger partial charge on any atom is -0.393 e. The van der Waals surface area contributed by atoms with Crippen molar-refractivity contribution in [2.24, 2.45) is 0 Å². The van der Waals surface area contributed by atoms with E-state index in [1.54, 1.807) is 0 Å². The molecule has 3 heteroatoms. The van der Waals surface area contributed by atoms with Crippen LogP contribution in [-0.4, -0.2) is 28.3 Å². The molecule has 2 unspecified atom stereocenters. The molecule has 2 aromatic rings. The third kappa shape index (κ3) is 1.80. The quantitative estimate of drug-likeness (QED) is 0.863. The molecule has 20 heavy (non-hydrogen) atoms. The maximum absolute atomic E-state index is 9.95. The summed E-state index contributed by atoms with van der Waals surface area (Å²) in [6.45, 7) is 2.15. The second kappa shape index (κ2) is 4.45. The molecular weight excluding hydrogens is 248 g/mol. The van der Waals surface area contributed by atoms with E-state index in [2.05, 4.69) is 36.1 Å². The van der Waals surface area contributed by atoms with E-state index in [0.717, 1.165) is 24.2 Å². The molecule has 2 aliphatic rings. The highest BCUT2D eigenvalue weighted by atomic mass is 16.3. The van der Waals surface area contributed by atoms with Crippen LogP contribution in [0.2, 0.25) is 0 Å². The van der Waals surface area contributed by atoms with Gasteiger partial charge in [-0.25, -0.2) is 4.98 Å². The van der Waals surface area contributed by atoms with Crippen LogP contribution in [0.1, 0.15) is 31.2 Å². The van der Waals surface area contributed by atoms with Gasteiger partial charge in [-0.15, -0.1) is 0 Å². The molecule has 0 saturated carbocycles. The Labute approximate surface area is 119 Å². The van der Waals surface area contributed by atoms with E-state index in [4.69, 9.17) is 4.98 Å². The van der Waals surface area contributed by atoms with Crippen molar-refractivity contribution in [1.29, 1.82) is 0 Å². The summed E-state index contributed by atoms with van der Waals surface area (Å²) in [5.41, 5.74) is 2.32. The fourth-order valence-corrected chi connectivity index (χ4v) is 3.97. The molecule has 4 rings (SSSR count). The summed E-state index contributed by atoms with van der Waals surface area (Å²) in [5.74, 6) is 1.13. The Morgan fingerprint density at radius 3 is 2.60 bits per heavy atom. The smallest absolute Gasteiger partial charge is 0.132 e. The van der Waals surface area contributed by atoms with Crippen molar-refractivity contribution in [3.05, 3.63) is 35.9 Å². The number of nitrogens with zero attached hydrogens (tertiary/aromatic N) is 2. The first-order valence-corrected chi connectivity index (χ1v) is 7.55. The molecule has 0 spiro atoms. The molecule has 0 aliphatic carbocycles. The van der Waals surface area contributed by atoms with Crippen LogP contribution in [0.15, 0.2) is 30.3 Å². The van der Waals surface area contributed by atoms with Crippen LogP contribution in [0.5, 0.6) is 0 Å². The normalized spacial score (nSPS) is 29.1. The van der Waals surface area contributed by atoms with Crippen molar-refractivity contribution in [3.63, 3.8) is 0 Å². The minimum atomic E-state index is -0.121. The summed E-state index contributed by atoms with van der Waals surface area (Å²) in [6, 6.07) is 11.5. The average molecular weight is 268 g/mol. The monoisotopic (exact) mass is 268 g/mol. The first-order chi connectivity index (χ1) is 9.72. The zero-order valence-corrected chi connectivity index (χ0v) is 11.8. The van der Waals surface area contributed by atoms with Gasteiger partial charge in [0.05, 0.1) is 11.6 Å². The molecule has 2 atom stereocenters. The molecule has 0 amide bonds. The number of benzene rings is 1. The maximum Gasteiger partial charge on any atom is 0.132 e. The number of piperidine rings is 1. The van der Waals surface area contributed by atoms with E-state index in [-0.39, 0.29) is 6.10 Å². The van der Waals surface area contributed by atoms with E-state index in [0.29, 0.717) is 12.1 Å². The Kier molecular flexibility index (Phi) is 2.71. The molecule has 0 radical (unpaired) electrons. The van der Waals surface area contributed by atoms with Gasteiger partial charge in [0.2, 0.25) is 0 Å². The number of hydrogen-bond donors (Lipinski definition) is 1. The molecule has 2 saturated heterocycles. The highest BCUT2D eigenvalue weighted by Gasteiger charge is 2.41. The number of hydrogen-bond acceptors (Lipinski definition) is 3. The summed E-state index contributed by atoms with van der Waals surface area (Å²) in [4.78, 5) is 7.39. The second-order valence-corrected chi connectivity index (χ2v) is 6.24. The fraction of sp³-hybridized carbons (Fsp3) is 0.471. The zero-order valence-electron chi connectivity index (χ0n) is 11.8. The minimum absolute atomic E-state index is 0.121. The first-order valence-electron chi connectivity index (χ1n) is 7.55. The molecule has 1 aromatic heterocycles. The molecule has 104 valence electrons. The number of aromatic nitrogens is 1. The van der Waals surface area contributed by atoms with Gasteiger partial charge < -0.3 is 10.0 Å². The van der Waals surface area contributed by atoms with E-state index in [1.807, 2.05) is 6.07 Å². The second-order valence-electron chi connectivity index (χ2n) is 6.24. The standard InChI is InChI=1S/C17H20N2O/c1-11-8-12-4-2-3-5-16(12)18-17(11)19-13-6-7-14(19)10-15(20)9-13/h2-5,8,13-15,20H,6-7,9-10H2,1H3.